The lowest BCUT2D eigenvalue weighted by atomic mass is 9.92. The van der Waals surface area contributed by atoms with Gasteiger partial charge in [-0.05, 0) is 75.3 Å². The van der Waals surface area contributed by atoms with Crippen molar-refractivity contribution in [1.29, 1.82) is 0 Å². The molecule has 1 unspecified atom stereocenters. The van der Waals surface area contributed by atoms with Crippen LogP contribution in [0.15, 0.2) is 41.3 Å². The number of imide groups is 1. The highest BCUT2D eigenvalue weighted by Gasteiger charge is 2.44. The van der Waals surface area contributed by atoms with Gasteiger partial charge in [0, 0.05) is 43.8 Å². The van der Waals surface area contributed by atoms with Crippen molar-refractivity contribution in [3.8, 4) is 22.8 Å². The van der Waals surface area contributed by atoms with E-state index < -0.39 is 17.9 Å². The Bertz CT molecular complexity index is 1790. The number of methoxy groups -OCH3 is 2. The number of fused-ring (bicyclic) bond motifs is 1. The first-order chi connectivity index (χ1) is 23.0. The van der Waals surface area contributed by atoms with Crippen molar-refractivity contribution in [2.45, 2.75) is 70.8 Å². The third-order valence-electron chi connectivity index (χ3n) is 8.92. The number of unbranched alkanes of at least 4 members (excludes halogenated alkanes) is 1. The normalized spacial score (nSPS) is 15.9. The molecule has 2 aromatic carbocycles. The molecule has 1 aliphatic carbocycles. The number of hydrogen-bond donors (Lipinski definition) is 1. The van der Waals surface area contributed by atoms with Gasteiger partial charge in [-0.15, -0.1) is 0 Å². The van der Waals surface area contributed by atoms with Gasteiger partial charge in [0.05, 0.1) is 43.5 Å². The van der Waals surface area contributed by atoms with Gasteiger partial charge in [0.2, 0.25) is 5.91 Å². The number of carbonyl (C=O) groups is 5. The van der Waals surface area contributed by atoms with E-state index in [4.69, 9.17) is 9.47 Å². The molecule has 12 nitrogen and oxygen atoms in total. The largest absolute Gasteiger partial charge is 0.496 e. The van der Waals surface area contributed by atoms with Gasteiger partial charge in [0.15, 0.2) is 5.78 Å². The third kappa shape index (κ3) is 7.22. The van der Waals surface area contributed by atoms with E-state index in [0.29, 0.717) is 55.1 Å². The Morgan fingerprint density at radius 1 is 0.938 bits per heavy atom. The topological polar surface area (TPSA) is 154 Å². The number of ether oxygens (including phenoxy) is 2. The number of benzene rings is 2. The number of aromatic nitrogens is 2. The summed E-state index contributed by atoms with van der Waals surface area (Å²) in [5, 5.41) is 2.96. The number of carbonyl (C=O) groups excluding carboxylic acids is 5. The number of Topliss-reactive ketones (excluding diaryl/α,β-unsaturated/α-hetero) is 2. The van der Waals surface area contributed by atoms with Gasteiger partial charge in [-0.1, -0.05) is 6.07 Å². The summed E-state index contributed by atoms with van der Waals surface area (Å²) < 4.78 is 12.8. The summed E-state index contributed by atoms with van der Waals surface area (Å²) >= 11 is 0. The number of amides is 3. The molecular weight excluding hydrogens is 616 g/mol. The van der Waals surface area contributed by atoms with Gasteiger partial charge in [-0.3, -0.25) is 33.7 Å². The molecule has 1 fully saturated rings. The zero-order valence-corrected chi connectivity index (χ0v) is 27.7. The lowest BCUT2D eigenvalue weighted by Crippen LogP contribution is -2.47. The van der Waals surface area contributed by atoms with E-state index in [0.717, 1.165) is 34.4 Å². The van der Waals surface area contributed by atoms with Crippen molar-refractivity contribution < 1.29 is 33.4 Å². The summed E-state index contributed by atoms with van der Waals surface area (Å²) in [6.07, 6.45) is 5.40. The second kappa shape index (κ2) is 14.7. The zero-order valence-electron chi connectivity index (χ0n) is 27.7. The average Bonchev–Trinajstić information content (AvgIpc) is 3.31. The van der Waals surface area contributed by atoms with Gasteiger partial charge in [-0.2, -0.15) is 0 Å². The quantitative estimate of drug-likeness (QED) is 0.165. The van der Waals surface area contributed by atoms with Crippen LogP contribution in [0.25, 0.3) is 11.3 Å². The molecule has 1 N–H and O–H groups in total. The van der Waals surface area contributed by atoms with E-state index >= 15 is 0 Å². The molecule has 48 heavy (non-hydrogen) atoms. The molecule has 5 rings (SSSR count). The molecule has 1 aliphatic heterocycles. The maximum atomic E-state index is 13.1. The van der Waals surface area contributed by atoms with Crippen molar-refractivity contribution in [2.75, 3.05) is 20.8 Å². The molecule has 2 aliphatic rings. The van der Waals surface area contributed by atoms with Crippen LogP contribution in [-0.4, -0.2) is 70.5 Å². The summed E-state index contributed by atoms with van der Waals surface area (Å²) in [6, 6.07) is 7.98. The fourth-order valence-electron chi connectivity index (χ4n) is 6.35. The van der Waals surface area contributed by atoms with Crippen LogP contribution in [-0.2, 0) is 34.3 Å². The van der Waals surface area contributed by atoms with Crippen LogP contribution in [0.3, 0.4) is 0 Å². The van der Waals surface area contributed by atoms with E-state index in [1.807, 2.05) is 18.2 Å². The Kier molecular flexibility index (Phi) is 10.5. The van der Waals surface area contributed by atoms with Crippen LogP contribution < -0.4 is 20.3 Å². The minimum Gasteiger partial charge on any atom is -0.496 e. The molecule has 252 valence electrons. The molecule has 1 aromatic heterocycles. The van der Waals surface area contributed by atoms with Crippen LogP contribution in [0.1, 0.15) is 82.5 Å². The van der Waals surface area contributed by atoms with E-state index in [9.17, 15) is 28.8 Å². The Morgan fingerprint density at radius 2 is 1.65 bits per heavy atom. The van der Waals surface area contributed by atoms with E-state index in [1.165, 1.54) is 4.57 Å². The second-order valence-electron chi connectivity index (χ2n) is 12.2. The summed E-state index contributed by atoms with van der Waals surface area (Å²) in [6.45, 7) is 2.18. The van der Waals surface area contributed by atoms with Crippen LogP contribution in [0.5, 0.6) is 11.5 Å². The maximum Gasteiger partial charge on any atom is 0.271 e. The molecule has 1 saturated carbocycles. The number of nitrogens with one attached hydrogen (secondary N) is 1. The zero-order chi connectivity index (χ0) is 34.5. The molecule has 12 heteroatoms. The first-order valence-corrected chi connectivity index (χ1v) is 16.1. The standard InChI is InChI=1S/C36H40N4O8/c1-21-34(44)39(2)20-28(38-21)23-17-31(47-3)26(32(18-23)48-4)9-7-10-33(43)37-15-6-5-8-22-11-13-25-27(16-22)36(46)40(35(25)45)29-14-12-24(41)19-30(29)42/h11,13,16-18,20,29H,5-10,12,14-15,19H2,1-4H3,(H,37,43). The number of aryl methyl sites for hydroxylation is 3. The molecule has 0 spiro atoms. The molecule has 0 saturated heterocycles. The van der Waals surface area contributed by atoms with E-state index in [-0.39, 0.29) is 53.4 Å². The van der Waals surface area contributed by atoms with Gasteiger partial charge >= 0.3 is 0 Å². The number of nitrogens with zero attached hydrogens (tertiary/aromatic N) is 3. The summed E-state index contributed by atoms with van der Waals surface area (Å²) in [5.41, 5.74) is 3.91. The summed E-state index contributed by atoms with van der Waals surface area (Å²) in [5.74, 6) is -0.356. The Hall–Kier alpha value is -5.13. The highest BCUT2D eigenvalue weighted by atomic mass is 16.5. The molecular formula is C36H40N4O8. The Labute approximate surface area is 278 Å². The first-order valence-electron chi connectivity index (χ1n) is 16.1. The van der Waals surface area contributed by atoms with Gasteiger partial charge in [0.1, 0.15) is 23.0 Å². The predicted molar refractivity (Wildman–Crippen MR) is 176 cm³/mol. The molecule has 0 bridgehead atoms. The van der Waals surface area contributed by atoms with Crippen molar-refractivity contribution >= 4 is 29.3 Å². The van der Waals surface area contributed by atoms with Crippen LogP contribution in [0.4, 0.5) is 0 Å². The van der Waals surface area contributed by atoms with Crippen molar-refractivity contribution in [2.24, 2.45) is 7.05 Å². The molecule has 3 aromatic rings. The number of rotatable bonds is 13. The van der Waals surface area contributed by atoms with Gasteiger partial charge < -0.3 is 19.4 Å². The molecule has 0 radical (unpaired) electrons. The lowest BCUT2D eigenvalue weighted by Gasteiger charge is -2.27. The molecule has 3 amide bonds. The van der Waals surface area contributed by atoms with Crippen molar-refractivity contribution in [3.05, 3.63) is 74.8 Å². The van der Waals surface area contributed by atoms with Gasteiger partial charge in [0.25, 0.3) is 17.4 Å². The fraction of sp³-hybridized carbons (Fsp3) is 0.417. The maximum absolute atomic E-state index is 13.1. The predicted octanol–water partition coefficient (Wildman–Crippen LogP) is 3.52. The van der Waals surface area contributed by atoms with Crippen LogP contribution in [0.2, 0.25) is 0 Å². The minimum absolute atomic E-state index is 0.0601. The molecule has 2 heterocycles. The lowest BCUT2D eigenvalue weighted by molar-refractivity contribution is -0.132. The van der Waals surface area contributed by atoms with Crippen molar-refractivity contribution in [1.82, 2.24) is 19.8 Å². The van der Waals surface area contributed by atoms with E-state index in [1.54, 1.807) is 46.5 Å². The monoisotopic (exact) mass is 656 g/mol. The van der Waals surface area contributed by atoms with Crippen molar-refractivity contribution in [3.63, 3.8) is 0 Å². The summed E-state index contributed by atoms with van der Waals surface area (Å²) in [4.78, 5) is 80.1. The smallest absolute Gasteiger partial charge is 0.271 e. The van der Waals surface area contributed by atoms with Gasteiger partial charge in [-0.25, -0.2) is 4.98 Å². The highest BCUT2D eigenvalue weighted by molar-refractivity contribution is 6.23. The van der Waals surface area contributed by atoms with E-state index in [2.05, 4.69) is 10.3 Å². The summed E-state index contributed by atoms with van der Waals surface area (Å²) in [7, 11) is 4.83. The Balaban J connectivity index is 1.08. The average molecular weight is 657 g/mol. The highest BCUT2D eigenvalue weighted by Crippen LogP contribution is 2.35. The third-order valence-corrected chi connectivity index (χ3v) is 8.92. The SMILES string of the molecule is COc1cc(-c2cn(C)c(=O)c(C)n2)cc(OC)c1CCCC(=O)NCCCCc1ccc2c(c1)C(=O)N(C1CCC(=O)CC1=O)C2=O. The minimum atomic E-state index is -0.882. The fourth-order valence-corrected chi connectivity index (χ4v) is 6.35. The second-order valence-corrected chi connectivity index (χ2v) is 12.2. The number of hydrogen-bond acceptors (Lipinski definition) is 9. The Morgan fingerprint density at radius 3 is 2.31 bits per heavy atom. The molecule has 1 atom stereocenters. The van der Waals surface area contributed by atoms with Crippen LogP contribution in [0, 0.1) is 6.92 Å². The first kappa shape index (κ1) is 34.2. The van der Waals surface area contributed by atoms with Crippen LogP contribution >= 0.6 is 0 Å². The number of ketones is 2.